The molecule has 1 aliphatic rings. The maximum absolute atomic E-state index is 12.9. The molecule has 1 aromatic heterocycles. The SMILES string of the molecule is CC1COCCN1c1cccc(F)n1. The Balaban J connectivity index is 2.20. The molecule has 0 N–H and O–H groups in total. The molecule has 2 rings (SSSR count). The number of anilines is 1. The fourth-order valence-electron chi connectivity index (χ4n) is 1.63. The molecule has 0 aromatic carbocycles. The van der Waals surface area contributed by atoms with E-state index in [9.17, 15) is 4.39 Å². The van der Waals surface area contributed by atoms with Crippen LogP contribution in [0.5, 0.6) is 0 Å². The molecule has 0 radical (unpaired) electrons. The second-order valence-electron chi connectivity index (χ2n) is 3.44. The lowest BCUT2D eigenvalue weighted by molar-refractivity contribution is 0.0984. The summed E-state index contributed by atoms with van der Waals surface area (Å²) in [5, 5.41) is 0. The second-order valence-corrected chi connectivity index (χ2v) is 3.44. The summed E-state index contributed by atoms with van der Waals surface area (Å²) in [4.78, 5) is 5.91. The van der Waals surface area contributed by atoms with Crippen molar-refractivity contribution in [3.63, 3.8) is 0 Å². The van der Waals surface area contributed by atoms with Crippen LogP contribution in [0.1, 0.15) is 6.92 Å². The van der Waals surface area contributed by atoms with Gasteiger partial charge in [-0.05, 0) is 19.1 Å². The lowest BCUT2D eigenvalue weighted by atomic mass is 10.2. The summed E-state index contributed by atoms with van der Waals surface area (Å²) in [6.07, 6.45) is 0. The van der Waals surface area contributed by atoms with E-state index in [0.717, 1.165) is 6.54 Å². The number of morpholine rings is 1. The first-order valence-corrected chi connectivity index (χ1v) is 4.74. The first-order chi connectivity index (χ1) is 6.77. The van der Waals surface area contributed by atoms with Gasteiger partial charge < -0.3 is 9.64 Å². The lowest BCUT2D eigenvalue weighted by Gasteiger charge is -2.34. The quantitative estimate of drug-likeness (QED) is 0.635. The van der Waals surface area contributed by atoms with Crippen LogP contribution in [0, 0.1) is 5.95 Å². The zero-order valence-corrected chi connectivity index (χ0v) is 8.11. The second kappa shape index (κ2) is 3.92. The van der Waals surface area contributed by atoms with E-state index < -0.39 is 5.95 Å². The molecule has 76 valence electrons. The molecule has 0 bridgehead atoms. The fraction of sp³-hybridized carbons (Fsp3) is 0.500. The molecule has 0 aliphatic carbocycles. The van der Waals surface area contributed by atoms with Crippen LogP contribution in [-0.2, 0) is 4.74 Å². The molecule has 3 nitrogen and oxygen atoms in total. The van der Waals surface area contributed by atoms with Crippen molar-refractivity contribution in [3.8, 4) is 0 Å². The number of hydrogen-bond acceptors (Lipinski definition) is 3. The Kier molecular flexibility index (Phi) is 2.63. The van der Waals surface area contributed by atoms with Gasteiger partial charge in [0.2, 0.25) is 5.95 Å². The first-order valence-electron chi connectivity index (χ1n) is 4.74. The Bertz CT molecular complexity index is 319. The topological polar surface area (TPSA) is 25.4 Å². The largest absolute Gasteiger partial charge is 0.377 e. The van der Waals surface area contributed by atoms with E-state index in [1.165, 1.54) is 6.07 Å². The average molecular weight is 196 g/mol. The van der Waals surface area contributed by atoms with Gasteiger partial charge in [0, 0.05) is 6.54 Å². The van der Waals surface area contributed by atoms with Crippen molar-refractivity contribution >= 4 is 5.82 Å². The molecule has 2 heterocycles. The molecule has 1 fully saturated rings. The number of nitrogens with zero attached hydrogens (tertiary/aromatic N) is 2. The van der Waals surface area contributed by atoms with Crippen molar-refractivity contribution in [1.29, 1.82) is 0 Å². The highest BCUT2D eigenvalue weighted by Gasteiger charge is 2.19. The van der Waals surface area contributed by atoms with E-state index in [4.69, 9.17) is 4.74 Å². The minimum Gasteiger partial charge on any atom is -0.377 e. The first kappa shape index (κ1) is 9.40. The maximum Gasteiger partial charge on any atom is 0.214 e. The van der Waals surface area contributed by atoms with Gasteiger partial charge in [-0.25, -0.2) is 4.98 Å². The zero-order chi connectivity index (χ0) is 9.97. The van der Waals surface area contributed by atoms with E-state index in [-0.39, 0.29) is 6.04 Å². The molecule has 1 unspecified atom stereocenters. The van der Waals surface area contributed by atoms with Gasteiger partial charge in [-0.15, -0.1) is 0 Å². The van der Waals surface area contributed by atoms with Crippen molar-refractivity contribution in [2.24, 2.45) is 0 Å². The molecule has 1 saturated heterocycles. The molecule has 0 spiro atoms. The smallest absolute Gasteiger partial charge is 0.214 e. The normalized spacial score (nSPS) is 22.4. The predicted octanol–water partition coefficient (Wildman–Crippen LogP) is 1.45. The molecule has 1 atom stereocenters. The standard InChI is InChI=1S/C10H13FN2O/c1-8-7-14-6-5-13(8)10-4-2-3-9(11)12-10/h2-4,8H,5-7H2,1H3. The molecule has 0 saturated carbocycles. The number of halogens is 1. The molecule has 0 amide bonds. The van der Waals surface area contributed by atoms with Gasteiger partial charge in [-0.2, -0.15) is 4.39 Å². The third-order valence-electron chi connectivity index (χ3n) is 2.36. The lowest BCUT2D eigenvalue weighted by Crippen LogP contribution is -2.44. The summed E-state index contributed by atoms with van der Waals surface area (Å²) in [6.45, 7) is 4.18. The van der Waals surface area contributed by atoms with Gasteiger partial charge in [0.1, 0.15) is 5.82 Å². The van der Waals surface area contributed by atoms with Crippen LogP contribution in [0.4, 0.5) is 10.2 Å². The highest BCUT2D eigenvalue weighted by atomic mass is 19.1. The van der Waals surface area contributed by atoms with E-state index in [1.54, 1.807) is 6.07 Å². The summed E-state index contributed by atoms with van der Waals surface area (Å²) in [5.41, 5.74) is 0. The number of aromatic nitrogens is 1. The molecular weight excluding hydrogens is 183 g/mol. The summed E-state index contributed by atoms with van der Waals surface area (Å²) < 4.78 is 18.2. The predicted molar refractivity (Wildman–Crippen MR) is 51.8 cm³/mol. The van der Waals surface area contributed by atoms with Gasteiger partial charge in [0.05, 0.1) is 19.3 Å². The van der Waals surface area contributed by atoms with Crippen molar-refractivity contribution in [1.82, 2.24) is 4.98 Å². The Morgan fingerprint density at radius 1 is 1.57 bits per heavy atom. The van der Waals surface area contributed by atoms with Crippen molar-refractivity contribution in [3.05, 3.63) is 24.1 Å². The van der Waals surface area contributed by atoms with Crippen molar-refractivity contribution in [2.45, 2.75) is 13.0 Å². The van der Waals surface area contributed by atoms with Gasteiger partial charge in [0.15, 0.2) is 0 Å². The van der Waals surface area contributed by atoms with E-state index in [1.807, 2.05) is 13.0 Å². The third-order valence-corrected chi connectivity index (χ3v) is 2.36. The minimum absolute atomic E-state index is 0.262. The van der Waals surface area contributed by atoms with Crippen LogP contribution in [0.2, 0.25) is 0 Å². The third kappa shape index (κ3) is 1.85. The number of pyridine rings is 1. The summed E-state index contributed by atoms with van der Waals surface area (Å²) >= 11 is 0. The zero-order valence-electron chi connectivity index (χ0n) is 8.11. The molecule has 4 heteroatoms. The molecule has 14 heavy (non-hydrogen) atoms. The monoisotopic (exact) mass is 196 g/mol. The number of ether oxygens (including phenoxy) is 1. The highest BCUT2D eigenvalue weighted by molar-refractivity contribution is 5.39. The average Bonchev–Trinajstić information content (AvgIpc) is 2.18. The van der Waals surface area contributed by atoms with Gasteiger partial charge in [0.25, 0.3) is 0 Å². The van der Waals surface area contributed by atoms with Crippen LogP contribution in [0.15, 0.2) is 18.2 Å². The summed E-state index contributed by atoms with van der Waals surface area (Å²) in [7, 11) is 0. The van der Waals surface area contributed by atoms with E-state index >= 15 is 0 Å². The van der Waals surface area contributed by atoms with Crippen molar-refractivity contribution < 1.29 is 9.13 Å². The Morgan fingerprint density at radius 3 is 3.14 bits per heavy atom. The van der Waals surface area contributed by atoms with Crippen LogP contribution < -0.4 is 4.90 Å². The molecule has 1 aromatic rings. The molecule has 1 aliphatic heterocycles. The highest BCUT2D eigenvalue weighted by Crippen LogP contribution is 2.16. The Morgan fingerprint density at radius 2 is 2.43 bits per heavy atom. The maximum atomic E-state index is 12.9. The van der Waals surface area contributed by atoms with Crippen LogP contribution in [0.3, 0.4) is 0 Å². The van der Waals surface area contributed by atoms with Crippen LogP contribution in [-0.4, -0.2) is 30.8 Å². The van der Waals surface area contributed by atoms with Gasteiger partial charge in [-0.1, -0.05) is 6.07 Å². The van der Waals surface area contributed by atoms with Crippen LogP contribution >= 0.6 is 0 Å². The van der Waals surface area contributed by atoms with Gasteiger partial charge >= 0.3 is 0 Å². The van der Waals surface area contributed by atoms with Gasteiger partial charge in [-0.3, -0.25) is 0 Å². The molecular formula is C10H13FN2O. The Labute approximate surface area is 82.5 Å². The van der Waals surface area contributed by atoms with Crippen LogP contribution in [0.25, 0.3) is 0 Å². The number of rotatable bonds is 1. The Hall–Kier alpha value is -1.16. The minimum atomic E-state index is -0.429. The van der Waals surface area contributed by atoms with Crippen molar-refractivity contribution in [2.75, 3.05) is 24.7 Å². The van der Waals surface area contributed by atoms with E-state index in [0.29, 0.717) is 19.0 Å². The van der Waals surface area contributed by atoms with E-state index in [2.05, 4.69) is 9.88 Å². The fourth-order valence-corrected chi connectivity index (χ4v) is 1.63. The number of hydrogen-bond donors (Lipinski definition) is 0. The summed E-state index contributed by atoms with van der Waals surface area (Å²) in [6, 6.07) is 5.12. The summed E-state index contributed by atoms with van der Waals surface area (Å²) in [5.74, 6) is 0.266.